The summed E-state index contributed by atoms with van der Waals surface area (Å²) in [5, 5.41) is 4.00. The van der Waals surface area contributed by atoms with E-state index < -0.39 is 0 Å². The monoisotopic (exact) mass is 512 g/mol. The summed E-state index contributed by atoms with van der Waals surface area (Å²) in [6, 6.07) is 4.80. The van der Waals surface area contributed by atoms with Gasteiger partial charge in [-0.2, -0.15) is 4.98 Å². The van der Waals surface area contributed by atoms with E-state index in [9.17, 15) is 0 Å². The summed E-state index contributed by atoms with van der Waals surface area (Å²) in [4.78, 5) is 25.4. The van der Waals surface area contributed by atoms with Crippen LogP contribution in [0.4, 0.5) is 12.0 Å². The third-order valence-corrected chi connectivity index (χ3v) is 7.52. The average molecular weight is 513 g/mol. The molecule has 3 aromatic rings. The summed E-state index contributed by atoms with van der Waals surface area (Å²) in [5.74, 6) is 2.69. The molecule has 1 N–H and O–H groups in total. The Kier molecular flexibility index (Phi) is 7.52. The fraction of sp³-hybridized carbons (Fsp3) is 0.560. The minimum absolute atomic E-state index is 0.0591. The van der Waals surface area contributed by atoms with Gasteiger partial charge in [0.15, 0.2) is 11.6 Å². The lowest BCUT2D eigenvalue weighted by Gasteiger charge is -2.33. The van der Waals surface area contributed by atoms with Crippen LogP contribution in [-0.2, 0) is 6.42 Å². The van der Waals surface area contributed by atoms with Gasteiger partial charge >= 0.3 is 6.01 Å². The summed E-state index contributed by atoms with van der Waals surface area (Å²) in [6.07, 6.45) is 8.21. The number of anilines is 2. The Morgan fingerprint density at radius 2 is 1.94 bits per heavy atom. The van der Waals surface area contributed by atoms with Crippen LogP contribution in [0.5, 0.6) is 5.75 Å². The van der Waals surface area contributed by atoms with Gasteiger partial charge in [-0.05, 0) is 62.1 Å². The van der Waals surface area contributed by atoms with Crippen LogP contribution in [0.2, 0.25) is 0 Å². The Morgan fingerprint density at radius 1 is 1.17 bits per heavy atom. The zero-order chi connectivity index (χ0) is 25.1. The van der Waals surface area contributed by atoms with Crippen molar-refractivity contribution >= 4 is 23.7 Å². The second kappa shape index (κ2) is 11.0. The highest BCUT2D eigenvalue weighted by Crippen LogP contribution is 2.30. The Labute approximate surface area is 216 Å². The van der Waals surface area contributed by atoms with Gasteiger partial charge in [-0.3, -0.25) is 4.98 Å². The molecule has 2 saturated heterocycles. The van der Waals surface area contributed by atoms with Crippen LogP contribution in [0.25, 0.3) is 0 Å². The summed E-state index contributed by atoms with van der Waals surface area (Å²) in [5.41, 5.74) is 2.21. The number of aryl methyl sites for hydroxylation is 2. The molecule has 2 aliphatic heterocycles. The fourth-order valence-electron chi connectivity index (χ4n) is 5.06. The predicted octanol–water partition coefficient (Wildman–Crippen LogP) is 3.53. The van der Waals surface area contributed by atoms with Crippen molar-refractivity contribution < 1.29 is 9.26 Å². The van der Waals surface area contributed by atoms with Gasteiger partial charge in [0.1, 0.15) is 0 Å². The lowest BCUT2D eigenvalue weighted by atomic mass is 9.92. The van der Waals surface area contributed by atoms with E-state index >= 15 is 0 Å². The Balaban J connectivity index is 1.15. The molecule has 2 fully saturated rings. The van der Waals surface area contributed by atoms with Crippen LogP contribution in [-0.4, -0.2) is 63.4 Å². The smallest absolute Gasteiger partial charge is 0.324 e. The predicted molar refractivity (Wildman–Crippen MR) is 137 cm³/mol. The number of halogens is 1. The Hall–Kier alpha value is -2.98. The van der Waals surface area contributed by atoms with Gasteiger partial charge in [-0.25, -0.2) is 14.8 Å². The fourth-order valence-corrected chi connectivity index (χ4v) is 5.28. The first-order valence-corrected chi connectivity index (χ1v) is 13.0. The second-order valence-corrected chi connectivity index (χ2v) is 9.92. The zero-order valence-electron chi connectivity index (χ0n) is 21.0. The number of rotatable bonds is 8. The number of aromatic nitrogens is 5. The van der Waals surface area contributed by atoms with Crippen LogP contribution in [0.15, 0.2) is 35.2 Å². The minimum atomic E-state index is 0.0591. The van der Waals surface area contributed by atoms with Crippen LogP contribution in [0, 0.1) is 12.8 Å². The molecule has 3 atom stereocenters. The first-order valence-electron chi connectivity index (χ1n) is 12.6. The van der Waals surface area contributed by atoms with Crippen molar-refractivity contribution in [1.82, 2.24) is 29.9 Å². The van der Waals surface area contributed by atoms with E-state index in [-0.39, 0.29) is 18.1 Å². The van der Waals surface area contributed by atoms with Gasteiger partial charge in [-0.1, -0.05) is 12.1 Å². The molecule has 3 aromatic heterocycles. The van der Waals surface area contributed by atoms with Gasteiger partial charge in [0, 0.05) is 56.5 Å². The van der Waals surface area contributed by atoms with E-state index in [2.05, 4.69) is 59.6 Å². The number of nitrogens with one attached hydrogen (secondary N) is 1. The first-order chi connectivity index (χ1) is 17.5. The van der Waals surface area contributed by atoms with Crippen LogP contribution in [0.3, 0.4) is 0 Å². The number of hydrogen-bond acceptors (Lipinski definition) is 10. The maximum atomic E-state index is 6.22. The first kappa shape index (κ1) is 24.7. The van der Waals surface area contributed by atoms with Gasteiger partial charge < -0.3 is 19.1 Å². The minimum Gasteiger partial charge on any atom is -0.487 e. The van der Waals surface area contributed by atoms with Crippen LogP contribution >= 0.6 is 11.8 Å². The van der Waals surface area contributed by atoms with E-state index in [0.717, 1.165) is 50.4 Å². The molecule has 0 saturated carbocycles. The maximum Gasteiger partial charge on any atom is 0.324 e. The number of pyridine rings is 1. The molecule has 11 heteroatoms. The topological polar surface area (TPSA) is 105 Å². The van der Waals surface area contributed by atoms with Crippen LogP contribution < -0.4 is 19.4 Å². The summed E-state index contributed by atoms with van der Waals surface area (Å²) >= 11 is 6.07. The molecular formula is C25H33ClN8O2. The highest BCUT2D eigenvalue weighted by molar-refractivity contribution is 6.13. The molecule has 192 valence electrons. The number of hydrogen-bond donors (Lipinski definition) is 1. The molecule has 0 aliphatic carbocycles. The average Bonchev–Trinajstić information content (AvgIpc) is 3.57. The van der Waals surface area contributed by atoms with E-state index in [1.54, 1.807) is 12.4 Å². The third-order valence-electron chi connectivity index (χ3n) is 7.24. The SMILES string of the molecule is CCc1noc(N2CCC([C@H](C)Oc3cnc(N4C[C@H](NCl)[C@@H](c5cc(C)ccn5)C4)nc3)CC2)n1. The lowest BCUT2D eigenvalue weighted by molar-refractivity contribution is 0.131. The number of nitrogens with zero attached hydrogens (tertiary/aromatic N) is 7. The summed E-state index contributed by atoms with van der Waals surface area (Å²) in [7, 11) is 0. The molecular weight excluding hydrogens is 480 g/mol. The van der Waals surface area contributed by atoms with Gasteiger partial charge in [-0.15, -0.1) is 0 Å². The van der Waals surface area contributed by atoms with E-state index in [4.69, 9.17) is 21.0 Å². The van der Waals surface area contributed by atoms with Crippen molar-refractivity contribution in [1.29, 1.82) is 0 Å². The molecule has 0 radical (unpaired) electrons. The van der Waals surface area contributed by atoms with Crippen LogP contribution in [0.1, 0.15) is 49.7 Å². The van der Waals surface area contributed by atoms with Crippen molar-refractivity contribution in [3.63, 3.8) is 0 Å². The number of piperidine rings is 1. The standard InChI is InChI=1S/C25H33ClN8O2/c1-4-23-30-25(36-32-23)33-9-6-18(7-10-33)17(3)35-19-12-28-24(29-13-19)34-14-20(22(15-34)31-26)21-11-16(2)5-8-27-21/h5,8,11-13,17-18,20,22,31H,4,6-7,9-10,14-15H2,1-3H3/t17-,20+,22-/m0/s1. The van der Waals surface area contributed by atoms with Crippen molar-refractivity contribution in [3.05, 3.63) is 47.8 Å². The molecule has 0 aromatic carbocycles. The van der Waals surface area contributed by atoms with E-state index in [1.165, 1.54) is 5.56 Å². The zero-order valence-corrected chi connectivity index (χ0v) is 21.7. The highest BCUT2D eigenvalue weighted by Gasteiger charge is 2.36. The van der Waals surface area contributed by atoms with Crippen molar-refractivity contribution in [3.8, 4) is 5.75 Å². The van der Waals surface area contributed by atoms with Crippen molar-refractivity contribution in [2.24, 2.45) is 5.92 Å². The molecule has 0 amide bonds. The largest absolute Gasteiger partial charge is 0.487 e. The normalized spacial score (nSPS) is 21.7. The Bertz CT molecular complexity index is 1140. The molecule has 0 spiro atoms. The molecule has 10 nitrogen and oxygen atoms in total. The third kappa shape index (κ3) is 5.39. The molecule has 5 rings (SSSR count). The number of ether oxygens (including phenoxy) is 1. The van der Waals surface area contributed by atoms with Crippen molar-refractivity contribution in [2.75, 3.05) is 36.0 Å². The van der Waals surface area contributed by atoms with Gasteiger partial charge in [0.05, 0.1) is 18.5 Å². The summed E-state index contributed by atoms with van der Waals surface area (Å²) < 4.78 is 11.6. The van der Waals surface area contributed by atoms with E-state index in [0.29, 0.717) is 30.2 Å². The van der Waals surface area contributed by atoms with Crippen molar-refractivity contribution in [2.45, 2.75) is 58.1 Å². The van der Waals surface area contributed by atoms with E-state index in [1.807, 2.05) is 19.2 Å². The molecule has 0 unspecified atom stereocenters. The molecule has 2 aliphatic rings. The molecule has 0 bridgehead atoms. The van der Waals surface area contributed by atoms with Gasteiger partial charge in [0.25, 0.3) is 0 Å². The molecule has 5 heterocycles. The summed E-state index contributed by atoms with van der Waals surface area (Å²) in [6.45, 7) is 9.42. The van der Waals surface area contributed by atoms with Gasteiger partial charge in [0.2, 0.25) is 5.95 Å². The quantitative estimate of drug-likeness (QED) is 0.450. The lowest BCUT2D eigenvalue weighted by Crippen LogP contribution is -2.38. The molecule has 36 heavy (non-hydrogen) atoms. The maximum absolute atomic E-state index is 6.22. The highest BCUT2D eigenvalue weighted by atomic mass is 35.5. The second-order valence-electron chi connectivity index (χ2n) is 9.70. The Morgan fingerprint density at radius 3 is 2.61 bits per heavy atom.